The number of rotatable bonds is 2. The van der Waals surface area contributed by atoms with Crippen molar-refractivity contribution in [2.24, 2.45) is 0 Å². The molecule has 0 aromatic carbocycles. The van der Waals surface area contributed by atoms with Crippen LogP contribution >= 0.6 is 0 Å². The average Bonchev–Trinajstić information content (AvgIpc) is 1.67. The monoisotopic (exact) mass is 112 g/mol. The smallest absolute Gasteiger partial charge is 0.427 e. The fourth-order valence-corrected chi connectivity index (χ4v) is 0.291. The highest BCUT2D eigenvalue weighted by molar-refractivity contribution is 6.43. The Kier molecular flexibility index (Phi) is 3.33. The third-order valence-corrected chi connectivity index (χ3v) is 0.949. The highest BCUT2D eigenvalue weighted by Crippen LogP contribution is 2.07. The average molecular weight is 112 g/mol. The molecule has 0 amide bonds. The SMILES string of the molecule is C#CCC(C)B(O)O. The van der Waals surface area contributed by atoms with Crippen molar-refractivity contribution < 1.29 is 10.0 Å². The van der Waals surface area contributed by atoms with Crippen molar-refractivity contribution in [3.05, 3.63) is 0 Å². The summed E-state index contributed by atoms with van der Waals surface area (Å²) in [6.45, 7) is 1.69. The summed E-state index contributed by atoms with van der Waals surface area (Å²) in [6.07, 6.45) is 5.31. The lowest BCUT2D eigenvalue weighted by Crippen LogP contribution is -2.16. The summed E-state index contributed by atoms with van der Waals surface area (Å²) in [6, 6.07) is 0. The highest BCUT2D eigenvalue weighted by Gasteiger charge is 2.15. The molecule has 8 heavy (non-hydrogen) atoms. The first-order valence-electron chi connectivity index (χ1n) is 2.48. The summed E-state index contributed by atoms with van der Waals surface area (Å²) in [4.78, 5) is 0. The minimum Gasteiger partial charge on any atom is -0.427 e. The first-order chi connectivity index (χ1) is 3.68. The summed E-state index contributed by atoms with van der Waals surface area (Å²) in [5, 5.41) is 16.8. The maximum absolute atomic E-state index is 8.41. The molecule has 44 valence electrons. The van der Waals surface area contributed by atoms with E-state index < -0.39 is 7.12 Å². The molecular weight excluding hydrogens is 103 g/mol. The molecule has 1 unspecified atom stereocenters. The van der Waals surface area contributed by atoms with Gasteiger partial charge in [0.25, 0.3) is 0 Å². The fraction of sp³-hybridized carbons (Fsp3) is 0.600. The zero-order valence-corrected chi connectivity index (χ0v) is 4.83. The molecule has 2 N–H and O–H groups in total. The van der Waals surface area contributed by atoms with Crippen LogP contribution in [0.25, 0.3) is 0 Å². The van der Waals surface area contributed by atoms with Gasteiger partial charge in [-0.05, 0) is 0 Å². The standard InChI is InChI=1S/C5H9BO2/c1-3-4-5(2)6(7)8/h1,5,7-8H,4H2,2H3. The Labute approximate surface area is 49.7 Å². The van der Waals surface area contributed by atoms with E-state index in [1.807, 2.05) is 0 Å². The van der Waals surface area contributed by atoms with Gasteiger partial charge in [0.05, 0.1) is 0 Å². The van der Waals surface area contributed by atoms with Gasteiger partial charge in [0.15, 0.2) is 0 Å². The van der Waals surface area contributed by atoms with Crippen molar-refractivity contribution in [3.8, 4) is 12.3 Å². The summed E-state index contributed by atoms with van der Waals surface area (Å²) >= 11 is 0. The predicted molar refractivity (Wildman–Crippen MR) is 33.1 cm³/mol. The van der Waals surface area contributed by atoms with Gasteiger partial charge in [0, 0.05) is 12.2 Å². The fourth-order valence-electron chi connectivity index (χ4n) is 0.291. The quantitative estimate of drug-likeness (QED) is 0.386. The van der Waals surface area contributed by atoms with Gasteiger partial charge in [0.2, 0.25) is 0 Å². The highest BCUT2D eigenvalue weighted by atomic mass is 16.4. The van der Waals surface area contributed by atoms with Gasteiger partial charge < -0.3 is 10.0 Å². The number of hydrogen-bond donors (Lipinski definition) is 2. The van der Waals surface area contributed by atoms with Crippen LogP contribution in [0.2, 0.25) is 5.82 Å². The second-order valence-electron chi connectivity index (χ2n) is 1.80. The van der Waals surface area contributed by atoms with E-state index in [9.17, 15) is 0 Å². The summed E-state index contributed by atoms with van der Waals surface area (Å²) < 4.78 is 0. The largest absolute Gasteiger partial charge is 0.455 e. The van der Waals surface area contributed by atoms with E-state index in [4.69, 9.17) is 16.5 Å². The van der Waals surface area contributed by atoms with Gasteiger partial charge in [0.1, 0.15) is 0 Å². The van der Waals surface area contributed by atoms with Crippen LogP contribution in [-0.4, -0.2) is 17.2 Å². The van der Waals surface area contributed by atoms with Crippen LogP contribution in [0.3, 0.4) is 0 Å². The van der Waals surface area contributed by atoms with Gasteiger partial charge >= 0.3 is 7.12 Å². The van der Waals surface area contributed by atoms with E-state index in [-0.39, 0.29) is 5.82 Å². The van der Waals surface area contributed by atoms with Crippen molar-refractivity contribution in [3.63, 3.8) is 0 Å². The van der Waals surface area contributed by atoms with Crippen LogP contribution in [0, 0.1) is 12.3 Å². The van der Waals surface area contributed by atoms with Crippen LogP contribution in [0.4, 0.5) is 0 Å². The van der Waals surface area contributed by atoms with Crippen molar-refractivity contribution in [2.75, 3.05) is 0 Å². The minimum absolute atomic E-state index is 0.208. The Morgan fingerprint density at radius 3 is 2.38 bits per heavy atom. The molecule has 0 rings (SSSR count). The Morgan fingerprint density at radius 1 is 1.75 bits per heavy atom. The number of hydrogen-bond acceptors (Lipinski definition) is 2. The molecule has 0 saturated heterocycles. The third kappa shape index (κ3) is 2.67. The summed E-state index contributed by atoms with van der Waals surface area (Å²) in [7, 11) is -1.27. The normalized spacial score (nSPS) is 12.2. The Hall–Kier alpha value is -0.455. The molecule has 0 aliphatic rings. The number of terminal acetylenes is 1. The first-order valence-corrected chi connectivity index (χ1v) is 2.48. The molecule has 0 aliphatic heterocycles. The Balaban J connectivity index is 3.35. The second kappa shape index (κ2) is 3.53. The molecule has 0 saturated carbocycles. The van der Waals surface area contributed by atoms with Crippen LogP contribution < -0.4 is 0 Å². The van der Waals surface area contributed by atoms with Gasteiger partial charge in [-0.1, -0.05) is 6.92 Å². The lowest BCUT2D eigenvalue weighted by atomic mass is 9.73. The van der Waals surface area contributed by atoms with Crippen molar-refractivity contribution in [2.45, 2.75) is 19.2 Å². The van der Waals surface area contributed by atoms with E-state index in [1.165, 1.54) is 0 Å². The molecule has 0 spiro atoms. The first kappa shape index (κ1) is 7.54. The molecule has 0 aliphatic carbocycles. The van der Waals surface area contributed by atoms with E-state index in [0.717, 1.165) is 0 Å². The van der Waals surface area contributed by atoms with E-state index >= 15 is 0 Å². The lowest BCUT2D eigenvalue weighted by molar-refractivity contribution is 0.389. The van der Waals surface area contributed by atoms with Gasteiger partial charge in [-0.3, -0.25) is 0 Å². The maximum atomic E-state index is 8.41. The predicted octanol–water partition coefficient (Wildman–Crippen LogP) is -0.127. The van der Waals surface area contributed by atoms with Gasteiger partial charge in [-0.25, -0.2) is 0 Å². The Bertz CT molecular complexity index is 95.1. The van der Waals surface area contributed by atoms with Crippen LogP contribution in [0.1, 0.15) is 13.3 Å². The van der Waals surface area contributed by atoms with Crippen molar-refractivity contribution in [1.29, 1.82) is 0 Å². The molecule has 0 aromatic heterocycles. The summed E-state index contributed by atoms with van der Waals surface area (Å²) in [5.41, 5.74) is 0. The van der Waals surface area contributed by atoms with Gasteiger partial charge in [-0.15, -0.1) is 12.3 Å². The van der Waals surface area contributed by atoms with Crippen molar-refractivity contribution in [1.82, 2.24) is 0 Å². The van der Waals surface area contributed by atoms with Crippen LogP contribution in [0.5, 0.6) is 0 Å². The second-order valence-corrected chi connectivity index (χ2v) is 1.80. The molecule has 0 bridgehead atoms. The molecule has 3 heteroatoms. The molecular formula is C5H9BO2. The molecule has 1 atom stereocenters. The van der Waals surface area contributed by atoms with E-state index in [2.05, 4.69) is 5.92 Å². The topological polar surface area (TPSA) is 40.5 Å². The van der Waals surface area contributed by atoms with Crippen LogP contribution in [-0.2, 0) is 0 Å². The molecule has 0 aromatic rings. The summed E-state index contributed by atoms with van der Waals surface area (Å²) in [5.74, 6) is 2.12. The lowest BCUT2D eigenvalue weighted by Gasteiger charge is -2.02. The van der Waals surface area contributed by atoms with E-state index in [0.29, 0.717) is 6.42 Å². The van der Waals surface area contributed by atoms with Crippen LogP contribution in [0.15, 0.2) is 0 Å². The molecule has 0 heterocycles. The third-order valence-electron chi connectivity index (χ3n) is 0.949. The minimum atomic E-state index is -1.27. The molecule has 0 fully saturated rings. The van der Waals surface area contributed by atoms with Crippen molar-refractivity contribution >= 4 is 7.12 Å². The molecule has 0 radical (unpaired) electrons. The zero-order chi connectivity index (χ0) is 6.57. The van der Waals surface area contributed by atoms with E-state index in [1.54, 1.807) is 6.92 Å². The Morgan fingerprint density at radius 2 is 2.25 bits per heavy atom. The maximum Gasteiger partial charge on any atom is 0.455 e. The molecule has 2 nitrogen and oxygen atoms in total. The zero-order valence-electron chi connectivity index (χ0n) is 4.83. The van der Waals surface area contributed by atoms with Gasteiger partial charge in [-0.2, -0.15) is 0 Å².